The quantitative estimate of drug-likeness (QED) is 0.576. The number of nitrogens with one attached hydrogen (secondary N) is 2. The van der Waals surface area contributed by atoms with Gasteiger partial charge in [-0.3, -0.25) is 0 Å². The van der Waals surface area contributed by atoms with Crippen molar-refractivity contribution in [3.63, 3.8) is 0 Å². The number of alkyl halides is 3. The van der Waals surface area contributed by atoms with Crippen molar-refractivity contribution < 1.29 is 18.0 Å². The van der Waals surface area contributed by atoms with Gasteiger partial charge in [-0.25, -0.2) is 4.79 Å². The van der Waals surface area contributed by atoms with Gasteiger partial charge in [0.1, 0.15) is 6.04 Å². The van der Waals surface area contributed by atoms with Crippen molar-refractivity contribution in [3.8, 4) is 0 Å². The number of carbonyl (C=O) groups excluding carboxylic acids is 1. The SMILES string of the molecule is CC1=CC(C(F)(F)F)NC(=O)N1. The average Bonchev–Trinajstić information content (AvgIpc) is 1.82. The number of rotatable bonds is 0. The molecule has 1 rings (SSSR count). The summed E-state index contributed by atoms with van der Waals surface area (Å²) < 4.78 is 36.0. The first-order chi connectivity index (χ1) is 5.39. The highest BCUT2D eigenvalue weighted by Crippen LogP contribution is 2.22. The average molecular weight is 180 g/mol. The Balaban J connectivity index is 2.80. The molecule has 1 unspecified atom stereocenters. The number of hydrogen-bond donors (Lipinski definition) is 2. The number of hydrogen-bond acceptors (Lipinski definition) is 1. The van der Waals surface area contributed by atoms with E-state index in [-0.39, 0.29) is 5.70 Å². The molecule has 12 heavy (non-hydrogen) atoms. The molecule has 1 aliphatic rings. The Morgan fingerprint density at radius 2 is 2.08 bits per heavy atom. The van der Waals surface area contributed by atoms with E-state index in [2.05, 4.69) is 5.32 Å². The first-order valence-electron chi connectivity index (χ1n) is 3.22. The molecule has 0 radical (unpaired) electrons. The van der Waals surface area contributed by atoms with E-state index in [1.807, 2.05) is 0 Å². The van der Waals surface area contributed by atoms with E-state index >= 15 is 0 Å². The summed E-state index contributed by atoms with van der Waals surface area (Å²) in [5, 5.41) is 3.93. The van der Waals surface area contributed by atoms with Crippen molar-refractivity contribution in [3.05, 3.63) is 11.8 Å². The minimum atomic E-state index is -4.42. The van der Waals surface area contributed by atoms with Crippen molar-refractivity contribution in [2.45, 2.75) is 19.1 Å². The fraction of sp³-hybridized carbons (Fsp3) is 0.500. The molecule has 0 fully saturated rings. The lowest BCUT2D eigenvalue weighted by Gasteiger charge is -2.23. The molecule has 1 heterocycles. The number of halogens is 3. The highest BCUT2D eigenvalue weighted by molar-refractivity contribution is 5.77. The fourth-order valence-corrected chi connectivity index (χ4v) is 0.866. The molecule has 68 valence electrons. The largest absolute Gasteiger partial charge is 0.412 e. The van der Waals surface area contributed by atoms with Gasteiger partial charge in [-0.05, 0) is 13.0 Å². The third kappa shape index (κ3) is 1.90. The zero-order valence-corrected chi connectivity index (χ0v) is 6.20. The van der Waals surface area contributed by atoms with Crippen LogP contribution >= 0.6 is 0 Å². The van der Waals surface area contributed by atoms with Crippen LogP contribution in [0.2, 0.25) is 0 Å². The zero-order chi connectivity index (χ0) is 9.35. The Labute approximate surface area is 66.6 Å². The molecule has 0 aliphatic carbocycles. The van der Waals surface area contributed by atoms with Gasteiger partial charge in [0.15, 0.2) is 0 Å². The first kappa shape index (κ1) is 8.89. The van der Waals surface area contributed by atoms with Gasteiger partial charge in [0.05, 0.1) is 0 Å². The molecule has 3 nitrogen and oxygen atoms in total. The van der Waals surface area contributed by atoms with Crippen LogP contribution in [0.4, 0.5) is 18.0 Å². The molecule has 1 atom stereocenters. The second-order valence-corrected chi connectivity index (χ2v) is 2.47. The Bertz CT molecular complexity index is 233. The second-order valence-electron chi connectivity index (χ2n) is 2.47. The Hall–Kier alpha value is -1.20. The summed E-state index contributed by atoms with van der Waals surface area (Å²) in [5.74, 6) is 0. The minimum Gasteiger partial charge on any atom is -0.323 e. The smallest absolute Gasteiger partial charge is 0.323 e. The summed E-state index contributed by atoms with van der Waals surface area (Å²) in [6, 6.07) is -2.69. The Morgan fingerprint density at radius 1 is 1.50 bits per heavy atom. The maximum Gasteiger partial charge on any atom is 0.412 e. The molecular weight excluding hydrogens is 173 g/mol. The van der Waals surface area contributed by atoms with Crippen molar-refractivity contribution in [1.29, 1.82) is 0 Å². The van der Waals surface area contributed by atoms with Crippen LogP contribution in [0.25, 0.3) is 0 Å². The van der Waals surface area contributed by atoms with Crippen LogP contribution in [0, 0.1) is 0 Å². The second kappa shape index (κ2) is 2.69. The molecule has 0 saturated carbocycles. The van der Waals surface area contributed by atoms with E-state index in [1.54, 1.807) is 5.32 Å². The minimum absolute atomic E-state index is 0.209. The number of urea groups is 1. The Morgan fingerprint density at radius 3 is 2.50 bits per heavy atom. The van der Waals surface area contributed by atoms with E-state index in [0.29, 0.717) is 0 Å². The molecule has 6 heteroatoms. The molecule has 2 N–H and O–H groups in total. The van der Waals surface area contributed by atoms with Gasteiger partial charge < -0.3 is 10.6 Å². The van der Waals surface area contributed by atoms with Gasteiger partial charge in [-0.2, -0.15) is 13.2 Å². The van der Waals surface area contributed by atoms with Gasteiger partial charge in [0.2, 0.25) is 0 Å². The molecule has 0 aromatic carbocycles. The van der Waals surface area contributed by atoms with Crippen LogP contribution in [-0.2, 0) is 0 Å². The maximum atomic E-state index is 12.0. The molecular formula is C6H7F3N2O. The summed E-state index contributed by atoms with van der Waals surface area (Å²) in [7, 11) is 0. The molecule has 0 bridgehead atoms. The van der Waals surface area contributed by atoms with Crippen molar-refractivity contribution in [2.24, 2.45) is 0 Å². The van der Waals surface area contributed by atoms with Gasteiger partial charge in [-0.1, -0.05) is 0 Å². The lowest BCUT2D eigenvalue weighted by molar-refractivity contribution is -0.142. The summed E-state index contributed by atoms with van der Waals surface area (Å²) in [5.41, 5.74) is 0.209. The molecule has 1 aliphatic heterocycles. The summed E-state index contributed by atoms with van der Waals surface area (Å²) in [6.07, 6.45) is -3.50. The number of amides is 2. The van der Waals surface area contributed by atoms with Crippen molar-refractivity contribution in [1.82, 2.24) is 10.6 Å². The Kier molecular flexibility index (Phi) is 1.99. The van der Waals surface area contributed by atoms with E-state index in [0.717, 1.165) is 6.08 Å². The molecule has 0 spiro atoms. The zero-order valence-electron chi connectivity index (χ0n) is 6.20. The highest BCUT2D eigenvalue weighted by atomic mass is 19.4. The summed E-state index contributed by atoms with van der Waals surface area (Å²) in [4.78, 5) is 10.6. The van der Waals surface area contributed by atoms with Crippen LogP contribution in [0.5, 0.6) is 0 Å². The standard InChI is InChI=1S/C6H7F3N2O/c1-3-2-4(6(7,8)9)11-5(12)10-3/h2,4H,1H3,(H2,10,11,12). The van der Waals surface area contributed by atoms with Crippen LogP contribution < -0.4 is 10.6 Å². The van der Waals surface area contributed by atoms with Crippen LogP contribution in [0.1, 0.15) is 6.92 Å². The van der Waals surface area contributed by atoms with Gasteiger partial charge in [-0.15, -0.1) is 0 Å². The predicted octanol–water partition coefficient (Wildman–Crippen LogP) is 1.13. The van der Waals surface area contributed by atoms with E-state index in [9.17, 15) is 18.0 Å². The van der Waals surface area contributed by atoms with Crippen LogP contribution in [-0.4, -0.2) is 18.2 Å². The van der Waals surface area contributed by atoms with E-state index in [4.69, 9.17) is 0 Å². The van der Waals surface area contributed by atoms with Gasteiger partial charge in [0.25, 0.3) is 0 Å². The summed E-state index contributed by atoms with van der Waals surface area (Å²) >= 11 is 0. The number of allylic oxidation sites excluding steroid dienone is 1. The molecule has 2 amide bonds. The lowest BCUT2D eigenvalue weighted by Crippen LogP contribution is -2.51. The van der Waals surface area contributed by atoms with Crippen molar-refractivity contribution in [2.75, 3.05) is 0 Å². The van der Waals surface area contributed by atoms with Gasteiger partial charge in [0, 0.05) is 5.70 Å². The van der Waals surface area contributed by atoms with E-state index < -0.39 is 18.2 Å². The first-order valence-corrected chi connectivity index (χ1v) is 3.22. The third-order valence-corrected chi connectivity index (χ3v) is 1.37. The normalized spacial score (nSPS) is 24.2. The summed E-state index contributed by atoms with van der Waals surface area (Å²) in [6.45, 7) is 1.40. The molecule has 0 aromatic rings. The van der Waals surface area contributed by atoms with Gasteiger partial charge >= 0.3 is 12.2 Å². The fourth-order valence-electron chi connectivity index (χ4n) is 0.866. The number of carbonyl (C=O) groups is 1. The van der Waals surface area contributed by atoms with E-state index in [1.165, 1.54) is 6.92 Å². The maximum absolute atomic E-state index is 12.0. The third-order valence-electron chi connectivity index (χ3n) is 1.37. The molecule has 0 saturated heterocycles. The van der Waals surface area contributed by atoms with Crippen molar-refractivity contribution >= 4 is 6.03 Å². The monoisotopic (exact) mass is 180 g/mol. The van der Waals surface area contributed by atoms with Crippen LogP contribution in [0.3, 0.4) is 0 Å². The van der Waals surface area contributed by atoms with Crippen LogP contribution in [0.15, 0.2) is 11.8 Å². The molecule has 0 aromatic heterocycles. The highest BCUT2D eigenvalue weighted by Gasteiger charge is 2.40. The lowest BCUT2D eigenvalue weighted by atomic mass is 10.2. The topological polar surface area (TPSA) is 41.1 Å². The predicted molar refractivity (Wildman–Crippen MR) is 35.3 cm³/mol.